The number of allylic oxidation sites excluding steroid dienone is 2. The first-order chi connectivity index (χ1) is 12.3. The van der Waals surface area contributed by atoms with Gasteiger partial charge in [0.2, 0.25) is 11.7 Å². The molecule has 2 amide bonds. The maximum Gasteiger partial charge on any atom is 0.407 e. The minimum Gasteiger partial charge on any atom is -0.449 e. The van der Waals surface area contributed by atoms with Crippen LogP contribution in [0.5, 0.6) is 0 Å². The Balaban J connectivity index is 1.56. The topological polar surface area (TPSA) is 84.7 Å². The van der Waals surface area contributed by atoms with Crippen molar-refractivity contribution in [1.29, 1.82) is 0 Å². The van der Waals surface area contributed by atoms with E-state index in [0.717, 1.165) is 11.1 Å². The molecule has 2 aliphatic rings. The lowest BCUT2D eigenvalue weighted by Gasteiger charge is -2.38. The van der Waals surface area contributed by atoms with Crippen LogP contribution in [0.15, 0.2) is 48.6 Å². The SMILES string of the molecule is CC(=O)N1CC(COC(=O)NC2C=C(c3ccccc3)C=CC2(N)F)C1. The van der Waals surface area contributed by atoms with Gasteiger partial charge in [0.1, 0.15) is 6.04 Å². The second kappa shape index (κ2) is 7.29. The maximum absolute atomic E-state index is 14.5. The third-order valence-electron chi connectivity index (χ3n) is 4.57. The van der Waals surface area contributed by atoms with Crippen LogP contribution in [-0.2, 0) is 9.53 Å². The van der Waals surface area contributed by atoms with Crippen LogP contribution in [0.2, 0.25) is 0 Å². The number of alkyl carbamates (subject to hydrolysis) is 1. The number of nitrogens with two attached hydrogens (primary N) is 1. The summed E-state index contributed by atoms with van der Waals surface area (Å²) in [6, 6.07) is 8.40. The fraction of sp³-hybridized carbons (Fsp3) is 0.368. The number of alkyl halides is 1. The molecule has 2 unspecified atom stereocenters. The fourth-order valence-corrected chi connectivity index (χ4v) is 2.95. The molecule has 0 spiro atoms. The predicted molar refractivity (Wildman–Crippen MR) is 95.6 cm³/mol. The van der Waals surface area contributed by atoms with Crippen molar-refractivity contribution in [2.24, 2.45) is 11.7 Å². The Morgan fingerprint density at radius 2 is 2.04 bits per heavy atom. The first-order valence-corrected chi connectivity index (χ1v) is 8.48. The quantitative estimate of drug-likeness (QED) is 0.804. The zero-order valence-corrected chi connectivity index (χ0v) is 14.5. The summed E-state index contributed by atoms with van der Waals surface area (Å²) in [5, 5.41) is 2.48. The zero-order chi connectivity index (χ0) is 18.7. The lowest BCUT2D eigenvalue weighted by molar-refractivity contribution is -0.135. The zero-order valence-electron chi connectivity index (χ0n) is 14.5. The Hall–Kier alpha value is -2.67. The minimum atomic E-state index is -2.20. The molecular formula is C19H22FN3O3. The highest BCUT2D eigenvalue weighted by Gasteiger charge is 2.36. The van der Waals surface area contributed by atoms with Gasteiger partial charge in [0.05, 0.1) is 6.61 Å². The van der Waals surface area contributed by atoms with E-state index in [1.54, 1.807) is 17.1 Å². The third-order valence-corrected chi connectivity index (χ3v) is 4.57. The number of nitrogens with one attached hydrogen (secondary N) is 1. The van der Waals surface area contributed by atoms with Gasteiger partial charge in [-0.1, -0.05) is 36.4 Å². The molecule has 3 rings (SSSR count). The van der Waals surface area contributed by atoms with E-state index in [1.807, 2.05) is 30.3 Å². The van der Waals surface area contributed by atoms with E-state index < -0.39 is 17.9 Å². The van der Waals surface area contributed by atoms with Crippen LogP contribution >= 0.6 is 0 Å². The average Bonchev–Trinajstić information content (AvgIpc) is 2.55. The summed E-state index contributed by atoms with van der Waals surface area (Å²) in [5.41, 5.74) is 7.31. The van der Waals surface area contributed by atoms with Crippen molar-refractivity contribution in [3.8, 4) is 0 Å². The van der Waals surface area contributed by atoms with E-state index in [0.29, 0.717) is 13.1 Å². The molecule has 26 heavy (non-hydrogen) atoms. The van der Waals surface area contributed by atoms with E-state index in [1.165, 1.54) is 13.0 Å². The second-order valence-electron chi connectivity index (χ2n) is 6.66. The molecule has 2 atom stereocenters. The van der Waals surface area contributed by atoms with Gasteiger partial charge in [0.15, 0.2) is 0 Å². The van der Waals surface area contributed by atoms with Crippen molar-refractivity contribution >= 4 is 17.6 Å². The normalized spacial score (nSPS) is 25.3. The van der Waals surface area contributed by atoms with Crippen molar-refractivity contribution in [2.75, 3.05) is 19.7 Å². The summed E-state index contributed by atoms with van der Waals surface area (Å²) in [4.78, 5) is 24.8. The molecule has 1 aromatic carbocycles. The van der Waals surface area contributed by atoms with Crippen molar-refractivity contribution in [1.82, 2.24) is 10.2 Å². The molecule has 0 radical (unpaired) electrons. The van der Waals surface area contributed by atoms with Crippen LogP contribution in [0.3, 0.4) is 0 Å². The van der Waals surface area contributed by atoms with Gasteiger partial charge in [0, 0.05) is 25.9 Å². The third kappa shape index (κ3) is 4.11. The maximum atomic E-state index is 14.5. The second-order valence-corrected chi connectivity index (χ2v) is 6.66. The average molecular weight is 359 g/mol. The van der Waals surface area contributed by atoms with E-state index >= 15 is 0 Å². The van der Waals surface area contributed by atoms with Gasteiger partial charge in [-0.25, -0.2) is 9.18 Å². The smallest absolute Gasteiger partial charge is 0.407 e. The summed E-state index contributed by atoms with van der Waals surface area (Å²) in [5.74, 6) is -2.08. The van der Waals surface area contributed by atoms with Gasteiger partial charge in [-0.15, -0.1) is 0 Å². The Kier molecular flexibility index (Phi) is 5.08. The molecule has 0 saturated carbocycles. The molecule has 0 aromatic heterocycles. The first kappa shape index (κ1) is 18.1. The van der Waals surface area contributed by atoms with Crippen LogP contribution in [0, 0.1) is 5.92 Å². The molecule has 1 aliphatic heterocycles. The molecular weight excluding hydrogens is 337 g/mol. The lowest BCUT2D eigenvalue weighted by Crippen LogP contribution is -2.55. The van der Waals surface area contributed by atoms with E-state index in [2.05, 4.69) is 5.32 Å². The molecule has 1 fully saturated rings. The Bertz CT molecular complexity index is 740. The van der Waals surface area contributed by atoms with Crippen molar-refractivity contribution < 1.29 is 18.7 Å². The largest absolute Gasteiger partial charge is 0.449 e. The molecule has 1 aromatic rings. The molecule has 3 N–H and O–H groups in total. The number of halogens is 1. The van der Waals surface area contributed by atoms with Crippen LogP contribution in [0.25, 0.3) is 5.57 Å². The summed E-state index contributed by atoms with van der Waals surface area (Å²) >= 11 is 0. The van der Waals surface area contributed by atoms with Crippen molar-refractivity contribution in [3.05, 3.63) is 54.1 Å². The minimum absolute atomic E-state index is 0.00335. The highest BCUT2D eigenvalue weighted by atomic mass is 19.1. The van der Waals surface area contributed by atoms with Crippen LogP contribution in [-0.4, -0.2) is 48.4 Å². The summed E-state index contributed by atoms with van der Waals surface area (Å²) < 4.78 is 19.7. The van der Waals surface area contributed by atoms with Crippen LogP contribution in [0.1, 0.15) is 12.5 Å². The van der Waals surface area contributed by atoms with Gasteiger partial charge in [-0.3, -0.25) is 10.5 Å². The van der Waals surface area contributed by atoms with Gasteiger partial charge < -0.3 is 15.0 Å². The number of ether oxygens (including phenoxy) is 1. The van der Waals surface area contributed by atoms with Crippen molar-refractivity contribution in [2.45, 2.75) is 18.8 Å². The molecule has 138 valence electrons. The van der Waals surface area contributed by atoms with Gasteiger partial charge in [0.25, 0.3) is 0 Å². The molecule has 1 heterocycles. The first-order valence-electron chi connectivity index (χ1n) is 8.48. The van der Waals surface area contributed by atoms with Gasteiger partial charge in [-0.05, 0) is 23.3 Å². The Morgan fingerprint density at radius 1 is 1.35 bits per heavy atom. The van der Waals surface area contributed by atoms with E-state index in [9.17, 15) is 14.0 Å². The summed E-state index contributed by atoms with van der Waals surface area (Å²) in [6.07, 6.45) is 3.68. The number of hydrogen-bond donors (Lipinski definition) is 2. The standard InChI is InChI=1S/C19H22FN3O3/c1-13(24)23-10-14(11-23)12-26-18(25)22-17-9-16(7-8-19(17,20)21)15-5-3-2-4-6-15/h2-9,14,17H,10-12,21H2,1H3,(H,22,25). The Morgan fingerprint density at radius 3 is 2.69 bits per heavy atom. The number of benzene rings is 1. The molecule has 6 nitrogen and oxygen atoms in total. The van der Waals surface area contributed by atoms with Gasteiger partial charge in [-0.2, -0.15) is 0 Å². The predicted octanol–water partition coefficient (Wildman–Crippen LogP) is 1.84. The number of carbonyl (C=O) groups excluding carboxylic acids is 2. The highest BCUT2D eigenvalue weighted by Crippen LogP contribution is 2.27. The lowest BCUT2D eigenvalue weighted by atomic mass is 9.92. The van der Waals surface area contributed by atoms with Gasteiger partial charge >= 0.3 is 6.09 Å². The summed E-state index contributed by atoms with van der Waals surface area (Å²) in [6.45, 7) is 2.81. The number of nitrogens with zero attached hydrogens (tertiary/aromatic N) is 1. The number of amides is 2. The van der Waals surface area contributed by atoms with Crippen molar-refractivity contribution in [3.63, 3.8) is 0 Å². The highest BCUT2D eigenvalue weighted by molar-refractivity contribution is 5.78. The number of likely N-dealkylation sites (tertiary alicyclic amines) is 1. The van der Waals surface area contributed by atoms with Crippen LogP contribution < -0.4 is 11.1 Å². The van der Waals surface area contributed by atoms with Crippen LogP contribution in [0.4, 0.5) is 9.18 Å². The van der Waals surface area contributed by atoms with E-state index in [4.69, 9.17) is 10.5 Å². The van der Waals surface area contributed by atoms with E-state index in [-0.39, 0.29) is 18.4 Å². The molecule has 1 aliphatic carbocycles. The molecule has 1 saturated heterocycles. The fourth-order valence-electron chi connectivity index (χ4n) is 2.95. The number of carbonyl (C=O) groups is 2. The molecule has 7 heteroatoms. The molecule has 0 bridgehead atoms. The summed E-state index contributed by atoms with van der Waals surface area (Å²) in [7, 11) is 0. The number of hydrogen-bond acceptors (Lipinski definition) is 4. The Labute approximate surface area is 151 Å². The monoisotopic (exact) mass is 359 g/mol. The number of rotatable bonds is 4.